The van der Waals surface area contributed by atoms with Gasteiger partial charge in [-0.1, -0.05) is 35.5 Å². The largest absolute Gasteiger partial charge is 0.497 e. The van der Waals surface area contributed by atoms with Crippen molar-refractivity contribution in [3.8, 4) is 5.75 Å². The van der Waals surface area contributed by atoms with Crippen LogP contribution in [0.5, 0.6) is 5.75 Å². The third-order valence-electron chi connectivity index (χ3n) is 5.63. The Morgan fingerprint density at radius 3 is 2.27 bits per heavy atom. The normalized spacial score (nSPS) is 11.8. The van der Waals surface area contributed by atoms with Crippen LogP contribution >= 0.6 is 11.8 Å². The average Bonchev–Trinajstić information content (AvgIpc) is 3.38. The summed E-state index contributed by atoms with van der Waals surface area (Å²) in [6.45, 7) is 3.53. The topological polar surface area (TPSA) is 123 Å². The Balaban J connectivity index is 1.44. The number of ether oxygens (including phenoxy) is 1. The summed E-state index contributed by atoms with van der Waals surface area (Å²) in [5, 5.41) is 11.6. The molecule has 1 atom stereocenters. The van der Waals surface area contributed by atoms with Crippen molar-refractivity contribution in [3.05, 3.63) is 108 Å². The molecular weight excluding hydrogens is 528 g/mol. The second kappa shape index (κ2) is 13.3. The molecule has 0 unspecified atom stereocenters. The van der Waals surface area contributed by atoms with E-state index in [1.165, 1.54) is 11.8 Å². The molecule has 0 spiro atoms. The van der Waals surface area contributed by atoms with Crippen molar-refractivity contribution in [2.45, 2.75) is 24.0 Å². The van der Waals surface area contributed by atoms with Gasteiger partial charge in [-0.2, -0.15) is 0 Å². The van der Waals surface area contributed by atoms with Crippen molar-refractivity contribution >= 4 is 47.1 Å². The molecule has 0 aliphatic rings. The van der Waals surface area contributed by atoms with Crippen LogP contribution in [0.15, 0.2) is 100 Å². The van der Waals surface area contributed by atoms with Crippen LogP contribution in [0.25, 0.3) is 6.08 Å². The first-order valence-electron chi connectivity index (χ1n) is 12.3. The molecule has 204 valence electrons. The van der Waals surface area contributed by atoms with Gasteiger partial charge in [0, 0.05) is 22.2 Å². The number of hydrogen-bond acceptors (Lipinski definition) is 7. The number of amides is 3. The van der Waals surface area contributed by atoms with E-state index >= 15 is 0 Å². The van der Waals surface area contributed by atoms with Gasteiger partial charge in [0.1, 0.15) is 17.2 Å². The van der Waals surface area contributed by atoms with Crippen molar-refractivity contribution in [1.82, 2.24) is 10.5 Å². The van der Waals surface area contributed by atoms with Crippen LogP contribution in [0.2, 0.25) is 0 Å². The van der Waals surface area contributed by atoms with Gasteiger partial charge in [0.2, 0.25) is 5.91 Å². The Morgan fingerprint density at radius 1 is 0.950 bits per heavy atom. The number of rotatable bonds is 10. The summed E-state index contributed by atoms with van der Waals surface area (Å²) >= 11 is 1.36. The lowest BCUT2D eigenvalue weighted by Gasteiger charge is -2.13. The van der Waals surface area contributed by atoms with Gasteiger partial charge in [-0.15, -0.1) is 11.8 Å². The van der Waals surface area contributed by atoms with E-state index in [1.54, 1.807) is 106 Å². The highest BCUT2D eigenvalue weighted by molar-refractivity contribution is 8.00. The van der Waals surface area contributed by atoms with E-state index in [0.29, 0.717) is 34.1 Å². The molecule has 1 aromatic heterocycles. The monoisotopic (exact) mass is 556 g/mol. The molecule has 1 heterocycles. The maximum absolute atomic E-state index is 13.2. The molecule has 4 aromatic rings. The highest BCUT2D eigenvalue weighted by Crippen LogP contribution is 2.26. The zero-order valence-corrected chi connectivity index (χ0v) is 23.0. The zero-order chi connectivity index (χ0) is 28.5. The van der Waals surface area contributed by atoms with Crippen LogP contribution in [-0.2, 0) is 9.59 Å². The first-order valence-corrected chi connectivity index (χ1v) is 13.2. The maximum Gasteiger partial charge on any atom is 0.272 e. The SMILES string of the molecule is COc1ccc(/C=C(\NC(=O)c2ccccc2)C(=O)Nc2ccc(S[C@@H](C)C(=O)Nc3cc(C)on3)cc2)cc1. The first kappa shape index (κ1) is 28.2. The van der Waals surface area contributed by atoms with Crippen molar-refractivity contribution in [2.24, 2.45) is 0 Å². The van der Waals surface area contributed by atoms with Gasteiger partial charge in [-0.25, -0.2) is 0 Å². The minimum Gasteiger partial charge on any atom is -0.497 e. The second-order valence-electron chi connectivity index (χ2n) is 8.70. The highest BCUT2D eigenvalue weighted by Gasteiger charge is 2.17. The van der Waals surface area contributed by atoms with E-state index in [4.69, 9.17) is 9.26 Å². The molecule has 0 saturated carbocycles. The van der Waals surface area contributed by atoms with Crippen LogP contribution in [0.1, 0.15) is 28.6 Å². The Morgan fingerprint density at radius 2 is 1.65 bits per heavy atom. The van der Waals surface area contributed by atoms with Gasteiger partial charge >= 0.3 is 0 Å². The molecule has 4 rings (SSSR count). The quantitative estimate of drug-likeness (QED) is 0.174. The van der Waals surface area contributed by atoms with Crippen molar-refractivity contribution in [1.29, 1.82) is 0 Å². The molecule has 0 aliphatic heterocycles. The fourth-order valence-corrected chi connectivity index (χ4v) is 4.40. The predicted molar refractivity (Wildman–Crippen MR) is 155 cm³/mol. The lowest BCUT2D eigenvalue weighted by molar-refractivity contribution is -0.115. The van der Waals surface area contributed by atoms with E-state index in [2.05, 4.69) is 21.1 Å². The van der Waals surface area contributed by atoms with Gasteiger partial charge in [-0.3, -0.25) is 14.4 Å². The van der Waals surface area contributed by atoms with Crippen molar-refractivity contribution < 1.29 is 23.6 Å². The molecule has 3 amide bonds. The Bertz CT molecular complexity index is 1500. The molecule has 0 aliphatic carbocycles. The molecule has 3 N–H and O–H groups in total. The number of aryl methyl sites for hydroxylation is 1. The third kappa shape index (κ3) is 7.84. The summed E-state index contributed by atoms with van der Waals surface area (Å²) < 4.78 is 10.2. The van der Waals surface area contributed by atoms with Crippen LogP contribution in [0.4, 0.5) is 11.5 Å². The number of aromatic nitrogens is 1. The number of carbonyl (C=O) groups is 3. The van der Waals surface area contributed by atoms with E-state index in [9.17, 15) is 14.4 Å². The summed E-state index contributed by atoms with van der Waals surface area (Å²) in [6, 6.07) is 24.5. The lowest BCUT2D eigenvalue weighted by Crippen LogP contribution is -2.30. The standard InChI is InChI=1S/C30H28N4O5S/c1-19-17-27(34-39-19)33-28(35)20(2)40-25-15-11-23(12-16-25)31-30(37)26(18-21-9-13-24(38-3)14-10-21)32-29(36)22-7-5-4-6-8-22/h4-18,20H,1-3H3,(H,31,37)(H,32,36)(H,33,34,35)/b26-18-/t20-/m0/s1. The summed E-state index contributed by atoms with van der Waals surface area (Å²) in [5.41, 5.74) is 1.73. The lowest BCUT2D eigenvalue weighted by atomic mass is 10.1. The van der Waals surface area contributed by atoms with Gasteiger partial charge in [0.25, 0.3) is 11.8 Å². The summed E-state index contributed by atoms with van der Waals surface area (Å²) in [7, 11) is 1.57. The number of methoxy groups -OCH3 is 1. The van der Waals surface area contributed by atoms with Crippen molar-refractivity contribution in [3.63, 3.8) is 0 Å². The summed E-state index contributed by atoms with van der Waals surface area (Å²) in [4.78, 5) is 39.4. The smallest absolute Gasteiger partial charge is 0.272 e. The summed E-state index contributed by atoms with van der Waals surface area (Å²) in [5.74, 6) is 0.542. The fourth-order valence-electron chi connectivity index (χ4n) is 3.54. The fraction of sp³-hybridized carbons (Fsp3) is 0.133. The summed E-state index contributed by atoms with van der Waals surface area (Å²) in [6.07, 6.45) is 1.59. The van der Waals surface area contributed by atoms with Crippen LogP contribution < -0.4 is 20.7 Å². The Labute approximate surface area is 236 Å². The zero-order valence-electron chi connectivity index (χ0n) is 22.1. The number of nitrogens with zero attached hydrogens (tertiary/aromatic N) is 1. The number of anilines is 2. The van der Waals surface area contributed by atoms with Crippen LogP contribution in [-0.4, -0.2) is 35.2 Å². The number of carbonyl (C=O) groups excluding carboxylic acids is 3. The molecule has 10 heteroatoms. The van der Waals surface area contributed by atoms with Crippen molar-refractivity contribution in [2.75, 3.05) is 17.7 Å². The highest BCUT2D eigenvalue weighted by atomic mass is 32.2. The second-order valence-corrected chi connectivity index (χ2v) is 10.1. The molecule has 0 fully saturated rings. The minimum atomic E-state index is -0.490. The molecule has 0 bridgehead atoms. The van der Waals surface area contributed by atoms with Gasteiger partial charge in [0.05, 0.1) is 12.4 Å². The average molecular weight is 557 g/mol. The molecule has 3 aromatic carbocycles. The number of thioether (sulfide) groups is 1. The van der Waals surface area contributed by atoms with Gasteiger partial charge in [0.15, 0.2) is 5.82 Å². The predicted octanol–water partition coefficient (Wildman–Crippen LogP) is 5.52. The minimum absolute atomic E-state index is 0.0749. The van der Waals surface area contributed by atoms with Gasteiger partial charge < -0.3 is 25.2 Å². The molecule has 40 heavy (non-hydrogen) atoms. The molecule has 0 saturated heterocycles. The third-order valence-corrected chi connectivity index (χ3v) is 6.74. The maximum atomic E-state index is 13.2. The van der Waals surface area contributed by atoms with Crippen LogP contribution in [0.3, 0.4) is 0 Å². The van der Waals surface area contributed by atoms with Gasteiger partial charge in [-0.05, 0) is 74.0 Å². The Kier molecular flexibility index (Phi) is 9.37. The molecular formula is C30H28N4O5S. The van der Waals surface area contributed by atoms with Crippen LogP contribution in [0, 0.1) is 6.92 Å². The number of hydrogen-bond donors (Lipinski definition) is 3. The van der Waals surface area contributed by atoms with E-state index in [-0.39, 0.29) is 11.6 Å². The number of nitrogens with one attached hydrogen (secondary N) is 3. The number of benzene rings is 3. The van der Waals surface area contributed by atoms with E-state index in [0.717, 1.165) is 4.90 Å². The Hall–Kier alpha value is -4.83. The van der Waals surface area contributed by atoms with E-state index in [1.807, 2.05) is 6.07 Å². The van der Waals surface area contributed by atoms with E-state index < -0.39 is 17.1 Å². The first-order chi connectivity index (χ1) is 19.3. The molecule has 9 nitrogen and oxygen atoms in total. The molecule has 0 radical (unpaired) electrons.